The molecule has 0 saturated heterocycles. The Balaban J connectivity index is 1.05. The molecule has 0 radical (unpaired) electrons. The van der Waals surface area contributed by atoms with Crippen LogP contribution in [0.2, 0.25) is 0 Å². The van der Waals surface area contributed by atoms with Gasteiger partial charge in [0.15, 0.2) is 0 Å². The van der Waals surface area contributed by atoms with Gasteiger partial charge in [-0.05, 0) is 110 Å². The summed E-state index contributed by atoms with van der Waals surface area (Å²) in [6.45, 7) is 0. The number of furan rings is 1. The van der Waals surface area contributed by atoms with E-state index in [0.717, 1.165) is 21.9 Å². The SMILES string of the molecule is c1ccc(C2(c3ccccc3)c3ccccc3-c3cc4c(cc32)oc2ccc(-c3ccc5c(c3)c3ccccc3n5-c3ccc5ccccc5c3)cc24)cc1. The van der Waals surface area contributed by atoms with Gasteiger partial charge in [-0.2, -0.15) is 0 Å². The van der Waals surface area contributed by atoms with E-state index in [4.69, 9.17) is 4.42 Å². The van der Waals surface area contributed by atoms with Gasteiger partial charge < -0.3 is 8.98 Å². The summed E-state index contributed by atoms with van der Waals surface area (Å²) >= 11 is 0. The van der Waals surface area contributed by atoms with E-state index < -0.39 is 5.41 Å². The van der Waals surface area contributed by atoms with Crippen molar-refractivity contribution in [2.75, 3.05) is 0 Å². The first-order valence-corrected chi connectivity index (χ1v) is 19.0. The molecule has 2 aromatic heterocycles. The van der Waals surface area contributed by atoms with Gasteiger partial charge in [-0.15, -0.1) is 0 Å². The summed E-state index contributed by atoms with van der Waals surface area (Å²) in [7, 11) is 0. The summed E-state index contributed by atoms with van der Waals surface area (Å²) in [4.78, 5) is 0. The fourth-order valence-electron chi connectivity index (χ4n) is 9.64. The highest BCUT2D eigenvalue weighted by atomic mass is 16.3. The molecule has 1 aliphatic rings. The van der Waals surface area contributed by atoms with Crippen molar-refractivity contribution in [1.82, 2.24) is 4.57 Å². The Morgan fingerprint density at radius 2 is 1.00 bits per heavy atom. The van der Waals surface area contributed by atoms with Crippen LogP contribution in [0.25, 0.3) is 82.5 Å². The van der Waals surface area contributed by atoms with E-state index in [0.29, 0.717) is 0 Å². The molecule has 2 nitrogen and oxygen atoms in total. The van der Waals surface area contributed by atoms with Gasteiger partial charge in [0.05, 0.1) is 16.4 Å². The zero-order chi connectivity index (χ0) is 36.1. The molecule has 0 bridgehead atoms. The quantitative estimate of drug-likeness (QED) is 0.179. The predicted octanol–water partition coefficient (Wildman–Crippen LogP) is 13.9. The van der Waals surface area contributed by atoms with Crippen LogP contribution in [-0.4, -0.2) is 4.57 Å². The van der Waals surface area contributed by atoms with Crippen LogP contribution in [0.1, 0.15) is 22.3 Å². The molecule has 2 heterocycles. The van der Waals surface area contributed by atoms with Crippen LogP contribution in [0, 0.1) is 0 Å². The molecule has 0 atom stereocenters. The minimum absolute atomic E-state index is 0.464. The smallest absolute Gasteiger partial charge is 0.135 e. The lowest BCUT2D eigenvalue weighted by Gasteiger charge is -2.33. The largest absolute Gasteiger partial charge is 0.456 e. The molecule has 0 spiro atoms. The maximum absolute atomic E-state index is 6.74. The molecule has 2 heteroatoms. The summed E-state index contributed by atoms with van der Waals surface area (Å²) < 4.78 is 9.14. The Kier molecular flexibility index (Phi) is 6.29. The van der Waals surface area contributed by atoms with Crippen LogP contribution in [-0.2, 0) is 5.41 Å². The first kappa shape index (κ1) is 30.3. The average Bonchev–Trinajstić information content (AvgIpc) is 3.88. The Bertz CT molecular complexity index is 3270. The summed E-state index contributed by atoms with van der Waals surface area (Å²) in [5.41, 5.74) is 14.9. The van der Waals surface area contributed by atoms with E-state index >= 15 is 0 Å². The standard InChI is InChI=1S/C53H33NO/c1-3-15-38(16-4-1)53(39-17-5-2-6-18-39)47-21-11-9-19-41(47)43-32-46-45-31-37(25-28-51(45)55-52(46)33-48(43)53)36-24-27-50-44(30-36)42-20-10-12-22-49(42)54(50)40-26-23-34-13-7-8-14-35(34)29-40/h1-33H. The van der Waals surface area contributed by atoms with E-state index in [2.05, 4.69) is 205 Å². The topological polar surface area (TPSA) is 18.1 Å². The van der Waals surface area contributed by atoms with Crippen molar-refractivity contribution in [2.45, 2.75) is 5.41 Å². The molecule has 12 rings (SSSR count). The van der Waals surface area contributed by atoms with Gasteiger partial charge in [0.25, 0.3) is 0 Å². The van der Waals surface area contributed by atoms with Crippen LogP contribution >= 0.6 is 0 Å². The van der Waals surface area contributed by atoms with Crippen molar-refractivity contribution in [3.8, 4) is 27.9 Å². The molecule has 256 valence electrons. The number of hydrogen-bond donors (Lipinski definition) is 0. The minimum Gasteiger partial charge on any atom is -0.456 e. The minimum atomic E-state index is -0.464. The molecule has 55 heavy (non-hydrogen) atoms. The molecular weight excluding hydrogens is 667 g/mol. The zero-order valence-electron chi connectivity index (χ0n) is 29.9. The molecule has 0 aliphatic heterocycles. The second kappa shape index (κ2) is 11.4. The third-order valence-corrected chi connectivity index (χ3v) is 12.0. The van der Waals surface area contributed by atoms with Gasteiger partial charge in [0.1, 0.15) is 11.2 Å². The third kappa shape index (κ3) is 4.25. The second-order valence-corrected chi connectivity index (χ2v) is 14.9. The second-order valence-electron chi connectivity index (χ2n) is 14.9. The van der Waals surface area contributed by atoms with E-state index in [9.17, 15) is 0 Å². The molecule has 0 saturated carbocycles. The average molecular weight is 700 g/mol. The summed E-state index contributed by atoms with van der Waals surface area (Å²) in [6, 6.07) is 73.2. The molecule has 0 fully saturated rings. The number of rotatable bonds is 4. The highest BCUT2D eigenvalue weighted by Crippen LogP contribution is 2.57. The number of nitrogens with zero attached hydrogens (tertiary/aromatic N) is 1. The van der Waals surface area contributed by atoms with E-state index in [1.165, 1.54) is 82.8 Å². The monoisotopic (exact) mass is 699 g/mol. The van der Waals surface area contributed by atoms with Gasteiger partial charge in [-0.25, -0.2) is 0 Å². The number of benzene rings is 9. The Morgan fingerprint density at radius 3 is 1.82 bits per heavy atom. The Hall–Kier alpha value is -7.16. The van der Waals surface area contributed by atoms with Crippen LogP contribution in [0.5, 0.6) is 0 Å². The molecule has 1 aliphatic carbocycles. The first-order chi connectivity index (χ1) is 27.3. The van der Waals surface area contributed by atoms with Gasteiger partial charge in [-0.3, -0.25) is 0 Å². The van der Waals surface area contributed by atoms with Crippen molar-refractivity contribution in [3.63, 3.8) is 0 Å². The lowest BCUT2D eigenvalue weighted by molar-refractivity contribution is 0.666. The van der Waals surface area contributed by atoms with Crippen molar-refractivity contribution in [3.05, 3.63) is 222 Å². The van der Waals surface area contributed by atoms with Crippen molar-refractivity contribution < 1.29 is 4.42 Å². The lowest BCUT2D eigenvalue weighted by Crippen LogP contribution is -2.28. The van der Waals surface area contributed by atoms with Crippen molar-refractivity contribution >= 4 is 54.5 Å². The highest BCUT2D eigenvalue weighted by Gasteiger charge is 2.46. The van der Waals surface area contributed by atoms with Crippen LogP contribution in [0.3, 0.4) is 0 Å². The normalized spacial score (nSPS) is 13.2. The zero-order valence-corrected chi connectivity index (χ0v) is 29.9. The van der Waals surface area contributed by atoms with Crippen molar-refractivity contribution in [2.24, 2.45) is 0 Å². The summed E-state index contributed by atoms with van der Waals surface area (Å²) in [5.74, 6) is 0. The number of fused-ring (bicyclic) bond motifs is 10. The number of aromatic nitrogens is 1. The Labute approximate surface area is 318 Å². The van der Waals surface area contributed by atoms with Crippen LogP contribution in [0.4, 0.5) is 0 Å². The summed E-state index contributed by atoms with van der Waals surface area (Å²) in [5, 5.41) is 7.24. The number of hydrogen-bond acceptors (Lipinski definition) is 1. The lowest BCUT2D eigenvalue weighted by atomic mass is 9.67. The van der Waals surface area contributed by atoms with E-state index in [-0.39, 0.29) is 0 Å². The Morgan fingerprint density at radius 1 is 0.364 bits per heavy atom. The molecule has 0 unspecified atom stereocenters. The van der Waals surface area contributed by atoms with Crippen molar-refractivity contribution in [1.29, 1.82) is 0 Å². The van der Waals surface area contributed by atoms with Gasteiger partial charge in [0.2, 0.25) is 0 Å². The van der Waals surface area contributed by atoms with Gasteiger partial charge in [-0.1, -0.05) is 146 Å². The highest BCUT2D eigenvalue weighted by molar-refractivity contribution is 6.12. The molecule has 0 N–H and O–H groups in total. The molecule has 9 aromatic carbocycles. The van der Waals surface area contributed by atoms with E-state index in [1.807, 2.05) is 0 Å². The summed E-state index contributed by atoms with van der Waals surface area (Å²) in [6.07, 6.45) is 0. The maximum atomic E-state index is 6.74. The molecule has 0 amide bonds. The fraction of sp³-hybridized carbons (Fsp3) is 0.0189. The third-order valence-electron chi connectivity index (χ3n) is 12.0. The van der Waals surface area contributed by atoms with Crippen LogP contribution < -0.4 is 0 Å². The first-order valence-electron chi connectivity index (χ1n) is 19.0. The van der Waals surface area contributed by atoms with Gasteiger partial charge >= 0.3 is 0 Å². The van der Waals surface area contributed by atoms with Crippen LogP contribution in [0.15, 0.2) is 205 Å². The maximum Gasteiger partial charge on any atom is 0.135 e. The predicted molar refractivity (Wildman–Crippen MR) is 228 cm³/mol. The number of para-hydroxylation sites is 1. The molecular formula is C53H33NO. The molecule has 11 aromatic rings. The fourth-order valence-corrected chi connectivity index (χ4v) is 9.64. The van der Waals surface area contributed by atoms with E-state index in [1.54, 1.807) is 0 Å². The van der Waals surface area contributed by atoms with Gasteiger partial charge in [0, 0.05) is 27.2 Å².